The van der Waals surface area contributed by atoms with Crippen LogP contribution in [0.1, 0.15) is 0 Å². The molecular weight excluding hydrogens is 435 g/mol. The van der Waals surface area contributed by atoms with E-state index >= 15 is 0 Å². The largest absolute Gasteiger partial charge is 2.00 e. The van der Waals surface area contributed by atoms with Crippen molar-refractivity contribution >= 4 is 0 Å². The zero-order valence-corrected chi connectivity index (χ0v) is 12.0. The Labute approximate surface area is 154 Å². The van der Waals surface area contributed by atoms with Gasteiger partial charge in [-0.05, 0) is 0 Å². The molecule has 0 unspecified atom stereocenters. The fourth-order valence-electron chi connectivity index (χ4n) is 0. The topological polar surface area (TPSA) is 331 Å². The maximum absolute atomic E-state index is 8.25. The summed E-state index contributed by atoms with van der Waals surface area (Å²) in [5.74, 6) is 0. The van der Waals surface area contributed by atoms with Crippen molar-refractivity contribution in [2.75, 3.05) is 0 Å². The minimum Gasteiger partial charge on any atom is -0.356 e. The van der Waals surface area contributed by atoms with Gasteiger partial charge in [0.1, 0.15) is 0 Å². The molecule has 0 atom stereocenters. The van der Waals surface area contributed by atoms with Crippen LogP contribution in [0.5, 0.6) is 0 Å². The molecule has 0 aliphatic rings. The molecule has 0 saturated carbocycles. The van der Waals surface area contributed by atoms with Crippen molar-refractivity contribution < 1.29 is 77.6 Å². The first kappa shape index (κ1) is 49.8. The first-order chi connectivity index (χ1) is 8.66. The average Bonchev–Trinajstić information content (AvgIpc) is 1.94. The Balaban J connectivity index is -0.0000000197. The van der Waals surface area contributed by atoms with E-state index in [0.29, 0.717) is 0 Å². The van der Waals surface area contributed by atoms with E-state index < -0.39 is 25.4 Å². The minimum absolute atomic E-state index is 0. The van der Waals surface area contributed by atoms with Crippen molar-refractivity contribution in [1.29, 1.82) is 0 Å². The van der Waals surface area contributed by atoms with Gasteiger partial charge in [0.05, 0.1) is 25.4 Å². The molecule has 0 aromatic carbocycles. The van der Waals surface area contributed by atoms with E-state index in [2.05, 4.69) is 0 Å². The molecule has 1 radical (unpaired) electrons. The number of hydrogen-bond acceptors (Lipinski definition) is 15. The second-order valence-corrected chi connectivity index (χ2v) is 1.12. The third-order valence-corrected chi connectivity index (χ3v) is 0. The van der Waals surface area contributed by atoms with Gasteiger partial charge in [0, 0.05) is 0 Å². The summed E-state index contributed by atoms with van der Waals surface area (Å²) in [6.45, 7) is 0. The van der Waals surface area contributed by atoms with Crippen LogP contribution in [0.4, 0.5) is 0 Å². The summed E-state index contributed by atoms with van der Waals surface area (Å²) >= 11 is 0. The van der Waals surface area contributed by atoms with Gasteiger partial charge in [-0.15, -0.1) is 0 Å². The first-order valence-electron chi connectivity index (χ1n) is 2.74. The van der Waals surface area contributed by atoms with Gasteiger partial charge < -0.3 is 76.6 Å². The summed E-state index contributed by atoms with van der Waals surface area (Å²) in [5.41, 5.74) is 0. The van der Waals surface area contributed by atoms with Crippen molar-refractivity contribution in [1.82, 2.24) is 0 Å². The summed E-state index contributed by atoms with van der Waals surface area (Å²) in [7, 11) is 0. The van der Waals surface area contributed by atoms with E-state index in [9.17, 15) is 0 Å². The third-order valence-electron chi connectivity index (χ3n) is 0. The Morgan fingerprint density at radius 3 is 0.391 bits per heavy atom. The minimum atomic E-state index is -1.75. The third kappa shape index (κ3) is 1050. The molecule has 0 bridgehead atoms. The Morgan fingerprint density at radius 2 is 0.391 bits per heavy atom. The molecule has 0 aromatic rings. The standard InChI is InChI=1S/Co.Li.5NO3.Ni/c;;5*2-1(3)4;/q+2;+1;5*-1;+2. The first-order valence-corrected chi connectivity index (χ1v) is 2.74. The van der Waals surface area contributed by atoms with E-state index in [1.165, 1.54) is 0 Å². The molecule has 0 aliphatic carbocycles. The number of rotatable bonds is 0. The zero-order chi connectivity index (χ0) is 17.9. The molecule has 0 saturated heterocycles. The van der Waals surface area contributed by atoms with Crippen molar-refractivity contribution in [2.24, 2.45) is 0 Å². The van der Waals surface area contributed by atoms with Gasteiger partial charge >= 0.3 is 52.1 Å². The van der Waals surface area contributed by atoms with Gasteiger partial charge in [-0.1, -0.05) is 0 Å². The molecule has 0 spiro atoms. The molecule has 23 heteroatoms. The molecule has 23 heavy (non-hydrogen) atoms. The molecule has 0 N–H and O–H groups in total. The molecule has 0 amide bonds. The van der Waals surface area contributed by atoms with Crippen LogP contribution in [0.2, 0.25) is 0 Å². The van der Waals surface area contributed by atoms with Crippen LogP contribution in [0.15, 0.2) is 0 Å². The van der Waals surface area contributed by atoms with Crippen LogP contribution in [-0.4, -0.2) is 25.4 Å². The van der Waals surface area contributed by atoms with Crippen LogP contribution in [0, 0.1) is 76.6 Å². The Morgan fingerprint density at radius 1 is 0.391 bits per heavy atom. The number of hydrogen-bond donors (Lipinski definition) is 0. The van der Waals surface area contributed by atoms with Crippen LogP contribution >= 0.6 is 0 Å². The molecule has 20 nitrogen and oxygen atoms in total. The maximum atomic E-state index is 8.25. The van der Waals surface area contributed by atoms with E-state index in [-0.39, 0.29) is 52.1 Å². The molecule has 0 heterocycles. The fourth-order valence-corrected chi connectivity index (χ4v) is 0. The maximum Gasteiger partial charge on any atom is 2.00 e. The Hall–Kier alpha value is -2.40. The van der Waals surface area contributed by atoms with Crippen molar-refractivity contribution in [2.45, 2.75) is 0 Å². The van der Waals surface area contributed by atoms with Crippen molar-refractivity contribution in [3.8, 4) is 0 Å². The van der Waals surface area contributed by atoms with Gasteiger partial charge in [0.25, 0.3) is 0 Å². The second-order valence-electron chi connectivity index (χ2n) is 1.12. The van der Waals surface area contributed by atoms with Crippen molar-refractivity contribution in [3.63, 3.8) is 0 Å². The molecule has 0 fully saturated rings. The summed E-state index contributed by atoms with van der Waals surface area (Å²) in [5, 5.41) is 73.8. The Kier molecular flexibility index (Phi) is 92.6. The van der Waals surface area contributed by atoms with E-state index in [0.717, 1.165) is 0 Å². The number of nitrogens with zero attached hydrogens (tertiary/aromatic N) is 5. The van der Waals surface area contributed by atoms with E-state index in [1.807, 2.05) is 0 Å². The normalized spacial score (nSPS) is 5.22. The monoisotopic (exact) mass is 434 g/mol. The predicted octanol–water partition coefficient (Wildman–Crippen LogP) is -4.20. The quantitative estimate of drug-likeness (QED) is 0.198. The molecular formula is CoLiN5NiO15. The van der Waals surface area contributed by atoms with E-state index in [1.54, 1.807) is 0 Å². The zero-order valence-electron chi connectivity index (χ0n) is 10.0. The fraction of sp³-hybridized carbons (Fsp3) is 0. The van der Waals surface area contributed by atoms with Gasteiger partial charge in [0.15, 0.2) is 0 Å². The molecule has 135 valence electrons. The van der Waals surface area contributed by atoms with Crippen LogP contribution in [0.25, 0.3) is 0 Å². The average molecular weight is 435 g/mol. The smallest absolute Gasteiger partial charge is 0.356 e. The predicted molar refractivity (Wildman–Crippen MR) is 51.8 cm³/mol. The van der Waals surface area contributed by atoms with Gasteiger partial charge in [-0.25, -0.2) is 0 Å². The van der Waals surface area contributed by atoms with Crippen LogP contribution in [0.3, 0.4) is 0 Å². The molecule has 0 rings (SSSR count). The van der Waals surface area contributed by atoms with Crippen LogP contribution < -0.4 is 18.9 Å². The Bertz CT molecular complexity index is 219. The van der Waals surface area contributed by atoms with E-state index in [4.69, 9.17) is 76.6 Å². The molecule has 0 aromatic heterocycles. The summed E-state index contributed by atoms with van der Waals surface area (Å²) in [6, 6.07) is 0. The molecule has 0 aliphatic heterocycles. The van der Waals surface area contributed by atoms with Gasteiger partial charge in [0.2, 0.25) is 0 Å². The summed E-state index contributed by atoms with van der Waals surface area (Å²) < 4.78 is 0. The van der Waals surface area contributed by atoms with Gasteiger partial charge in [-0.2, -0.15) is 0 Å². The summed E-state index contributed by atoms with van der Waals surface area (Å²) in [6.07, 6.45) is 0. The van der Waals surface area contributed by atoms with Gasteiger partial charge in [-0.3, -0.25) is 0 Å². The SMILES string of the molecule is O=[N+]([O-])[O-].O=[N+]([O-])[O-].O=[N+]([O-])[O-].O=[N+]([O-])[O-].O=[N+]([O-])[O-].[Co+2].[Li+].[Ni+2]. The van der Waals surface area contributed by atoms with Crippen molar-refractivity contribution in [3.05, 3.63) is 76.6 Å². The summed E-state index contributed by atoms with van der Waals surface area (Å²) in [4.78, 5) is 41.2. The van der Waals surface area contributed by atoms with Crippen LogP contribution in [-0.2, 0) is 33.3 Å². The second kappa shape index (κ2) is 42.7.